The number of rotatable bonds is 3. The summed E-state index contributed by atoms with van der Waals surface area (Å²) in [6, 6.07) is 0.333. The molecule has 1 saturated carbocycles. The molecule has 0 aromatic rings. The van der Waals surface area contributed by atoms with Crippen LogP contribution in [0.15, 0.2) is 24.0 Å². The zero-order valence-electron chi connectivity index (χ0n) is 11.2. The Morgan fingerprint density at radius 1 is 1.29 bits per heavy atom. The van der Waals surface area contributed by atoms with Crippen molar-refractivity contribution in [1.82, 2.24) is 4.90 Å². The molecule has 0 saturated heterocycles. The van der Waals surface area contributed by atoms with Crippen LogP contribution in [0.3, 0.4) is 0 Å². The maximum Gasteiger partial charge on any atom is 0.415 e. The van der Waals surface area contributed by atoms with Crippen molar-refractivity contribution in [3.05, 3.63) is 24.0 Å². The van der Waals surface area contributed by atoms with Crippen molar-refractivity contribution < 1.29 is 9.53 Å². The lowest BCUT2D eigenvalue weighted by Gasteiger charge is -2.30. The molecule has 3 heteroatoms. The average Bonchev–Trinajstić information content (AvgIpc) is 2.35. The summed E-state index contributed by atoms with van der Waals surface area (Å²) in [6.07, 6.45) is 7.19. The Bertz CT molecular complexity index is 310. The smallest absolute Gasteiger partial charge is 0.410 e. The van der Waals surface area contributed by atoms with Gasteiger partial charge in [-0.1, -0.05) is 25.8 Å². The van der Waals surface area contributed by atoms with Gasteiger partial charge in [0.15, 0.2) is 0 Å². The highest BCUT2D eigenvalue weighted by Crippen LogP contribution is 2.22. The molecule has 1 rings (SSSR count). The number of nitrogens with zero attached hydrogens (tertiary/aromatic N) is 1. The third kappa shape index (κ3) is 3.91. The number of hydrogen-bond acceptors (Lipinski definition) is 2. The predicted molar refractivity (Wildman–Crippen MR) is 69.7 cm³/mol. The van der Waals surface area contributed by atoms with Gasteiger partial charge in [-0.3, -0.25) is 0 Å². The largest absolute Gasteiger partial charge is 0.415 e. The molecule has 0 heterocycles. The van der Waals surface area contributed by atoms with Crippen molar-refractivity contribution in [2.24, 2.45) is 0 Å². The summed E-state index contributed by atoms with van der Waals surface area (Å²) < 4.78 is 5.32. The van der Waals surface area contributed by atoms with Crippen LogP contribution < -0.4 is 0 Å². The number of hydrogen-bond donors (Lipinski definition) is 0. The molecule has 0 aromatic heterocycles. The maximum absolute atomic E-state index is 11.9. The summed E-state index contributed by atoms with van der Waals surface area (Å²) in [7, 11) is 1.82. The molecule has 1 aliphatic rings. The van der Waals surface area contributed by atoms with Crippen LogP contribution in [0.25, 0.3) is 0 Å². The molecule has 3 nitrogen and oxygen atoms in total. The summed E-state index contributed by atoms with van der Waals surface area (Å²) in [6.45, 7) is 7.47. The zero-order chi connectivity index (χ0) is 12.8. The molecule has 0 N–H and O–H groups in total. The standard InChI is InChI=1S/C14H23NO2/c1-5-13(11(2)3)17-14(16)15(4)12-9-7-6-8-10-12/h5,12H,1,6-10H2,2-4H3. The van der Waals surface area contributed by atoms with E-state index in [1.807, 2.05) is 20.9 Å². The Morgan fingerprint density at radius 3 is 2.35 bits per heavy atom. The highest BCUT2D eigenvalue weighted by molar-refractivity contribution is 5.69. The fourth-order valence-corrected chi connectivity index (χ4v) is 2.13. The first-order valence-electron chi connectivity index (χ1n) is 6.30. The zero-order valence-corrected chi connectivity index (χ0v) is 11.2. The van der Waals surface area contributed by atoms with Crippen molar-refractivity contribution in [3.8, 4) is 0 Å². The molecular formula is C14H23NO2. The first-order valence-corrected chi connectivity index (χ1v) is 6.30. The number of carbonyl (C=O) groups excluding carboxylic acids is 1. The minimum absolute atomic E-state index is 0.270. The van der Waals surface area contributed by atoms with Gasteiger partial charge in [0, 0.05) is 13.1 Å². The SMILES string of the molecule is C=CC(OC(=O)N(C)C1CCCCC1)=C(C)C. The summed E-state index contributed by atoms with van der Waals surface area (Å²) in [4.78, 5) is 13.7. The van der Waals surface area contributed by atoms with E-state index in [0.717, 1.165) is 18.4 Å². The van der Waals surface area contributed by atoms with Crippen LogP contribution in [-0.4, -0.2) is 24.1 Å². The van der Waals surface area contributed by atoms with Gasteiger partial charge in [-0.15, -0.1) is 0 Å². The number of ether oxygens (including phenoxy) is 1. The van der Waals surface area contributed by atoms with Crippen LogP contribution in [0.2, 0.25) is 0 Å². The van der Waals surface area contributed by atoms with Gasteiger partial charge in [-0.2, -0.15) is 0 Å². The molecule has 1 amide bonds. The van der Waals surface area contributed by atoms with E-state index in [4.69, 9.17) is 4.74 Å². The summed E-state index contributed by atoms with van der Waals surface area (Å²) in [5.74, 6) is 0.567. The molecule has 1 fully saturated rings. The predicted octanol–water partition coefficient (Wildman–Crippen LogP) is 3.87. The van der Waals surface area contributed by atoms with Gasteiger partial charge in [0.2, 0.25) is 0 Å². The maximum atomic E-state index is 11.9. The Morgan fingerprint density at radius 2 is 1.88 bits per heavy atom. The lowest BCUT2D eigenvalue weighted by atomic mass is 9.95. The topological polar surface area (TPSA) is 29.5 Å². The fraction of sp³-hybridized carbons (Fsp3) is 0.643. The number of amides is 1. The Hall–Kier alpha value is -1.25. The summed E-state index contributed by atoms with van der Waals surface area (Å²) in [5.41, 5.74) is 0.963. The molecule has 0 aliphatic heterocycles. The van der Waals surface area contributed by atoms with E-state index in [1.54, 1.807) is 11.0 Å². The highest BCUT2D eigenvalue weighted by atomic mass is 16.6. The summed E-state index contributed by atoms with van der Waals surface area (Å²) in [5, 5.41) is 0. The average molecular weight is 237 g/mol. The fourth-order valence-electron chi connectivity index (χ4n) is 2.13. The van der Waals surface area contributed by atoms with E-state index in [1.165, 1.54) is 19.3 Å². The molecule has 0 aromatic carbocycles. The minimum atomic E-state index is -0.270. The lowest BCUT2D eigenvalue weighted by molar-refractivity contribution is 0.114. The lowest BCUT2D eigenvalue weighted by Crippen LogP contribution is -2.38. The molecule has 17 heavy (non-hydrogen) atoms. The van der Waals surface area contributed by atoms with E-state index >= 15 is 0 Å². The van der Waals surface area contributed by atoms with Gasteiger partial charge in [0.05, 0.1) is 0 Å². The first-order chi connectivity index (χ1) is 8.06. The Kier molecular flexibility index (Phi) is 5.26. The molecular weight excluding hydrogens is 214 g/mol. The van der Waals surface area contributed by atoms with Gasteiger partial charge < -0.3 is 9.64 Å². The molecule has 0 bridgehead atoms. The van der Waals surface area contributed by atoms with Gasteiger partial charge in [-0.05, 0) is 38.3 Å². The molecule has 0 atom stereocenters. The Balaban J connectivity index is 2.57. The summed E-state index contributed by atoms with van der Waals surface area (Å²) >= 11 is 0. The second kappa shape index (κ2) is 6.48. The van der Waals surface area contributed by atoms with Crippen LogP contribution in [0, 0.1) is 0 Å². The second-order valence-corrected chi connectivity index (χ2v) is 4.84. The highest BCUT2D eigenvalue weighted by Gasteiger charge is 2.23. The van der Waals surface area contributed by atoms with Crippen LogP contribution in [0.4, 0.5) is 4.79 Å². The molecule has 0 spiro atoms. The van der Waals surface area contributed by atoms with Crippen LogP contribution in [-0.2, 0) is 4.74 Å². The van der Waals surface area contributed by atoms with Crippen LogP contribution in [0.5, 0.6) is 0 Å². The third-order valence-corrected chi connectivity index (χ3v) is 3.29. The van der Waals surface area contributed by atoms with Crippen LogP contribution in [0.1, 0.15) is 46.0 Å². The molecule has 0 unspecified atom stereocenters. The van der Waals surface area contributed by atoms with Crippen LogP contribution >= 0.6 is 0 Å². The minimum Gasteiger partial charge on any atom is -0.410 e. The molecule has 0 radical (unpaired) electrons. The van der Waals surface area contributed by atoms with Gasteiger partial charge in [-0.25, -0.2) is 4.79 Å². The monoisotopic (exact) mass is 237 g/mol. The van der Waals surface area contributed by atoms with E-state index in [2.05, 4.69) is 6.58 Å². The number of carbonyl (C=O) groups is 1. The normalized spacial score (nSPS) is 16.2. The van der Waals surface area contributed by atoms with Crippen molar-refractivity contribution in [2.75, 3.05) is 7.05 Å². The van der Waals surface area contributed by atoms with E-state index in [-0.39, 0.29) is 6.09 Å². The van der Waals surface area contributed by atoms with Crippen molar-refractivity contribution in [3.63, 3.8) is 0 Å². The molecule has 96 valence electrons. The van der Waals surface area contributed by atoms with Crippen molar-refractivity contribution in [2.45, 2.75) is 52.0 Å². The van der Waals surface area contributed by atoms with Gasteiger partial charge in [0.25, 0.3) is 0 Å². The quantitative estimate of drug-likeness (QED) is 0.551. The van der Waals surface area contributed by atoms with Crippen molar-refractivity contribution >= 4 is 6.09 Å². The number of allylic oxidation sites excluding steroid dienone is 2. The third-order valence-electron chi connectivity index (χ3n) is 3.29. The van der Waals surface area contributed by atoms with Gasteiger partial charge in [0.1, 0.15) is 5.76 Å². The van der Waals surface area contributed by atoms with E-state index in [0.29, 0.717) is 11.8 Å². The first kappa shape index (κ1) is 13.8. The Labute approximate surface area is 104 Å². The van der Waals surface area contributed by atoms with E-state index < -0.39 is 0 Å². The molecule has 1 aliphatic carbocycles. The van der Waals surface area contributed by atoms with E-state index in [9.17, 15) is 4.79 Å². The van der Waals surface area contributed by atoms with Crippen molar-refractivity contribution in [1.29, 1.82) is 0 Å². The van der Waals surface area contributed by atoms with Gasteiger partial charge >= 0.3 is 6.09 Å². The second-order valence-electron chi connectivity index (χ2n) is 4.84.